The van der Waals surface area contributed by atoms with Gasteiger partial charge in [0, 0.05) is 19.0 Å². The summed E-state index contributed by atoms with van der Waals surface area (Å²) < 4.78 is 5.67. The maximum Gasteiger partial charge on any atom is 0.188 e. The van der Waals surface area contributed by atoms with Gasteiger partial charge in [0.15, 0.2) is 5.96 Å². The summed E-state index contributed by atoms with van der Waals surface area (Å²) in [5.74, 6) is 2.81. The average molecular weight is 273 g/mol. The van der Waals surface area contributed by atoms with Crippen LogP contribution in [0.5, 0.6) is 5.75 Å². The number of guanidine groups is 1. The van der Waals surface area contributed by atoms with Crippen molar-refractivity contribution in [1.82, 2.24) is 5.32 Å². The summed E-state index contributed by atoms with van der Waals surface area (Å²) in [6.45, 7) is 2.49. The molecule has 1 unspecified atom stereocenters. The molecule has 1 aromatic carbocycles. The van der Waals surface area contributed by atoms with Gasteiger partial charge in [0.2, 0.25) is 0 Å². The van der Waals surface area contributed by atoms with Crippen molar-refractivity contribution in [2.75, 3.05) is 19.7 Å². The molecule has 4 nitrogen and oxygen atoms in total. The number of hydrogen-bond donors (Lipinski definition) is 2. The average Bonchev–Trinajstić information content (AvgIpc) is 2.43. The summed E-state index contributed by atoms with van der Waals surface area (Å²) in [7, 11) is 0. The van der Waals surface area contributed by atoms with Crippen molar-refractivity contribution in [3.63, 3.8) is 0 Å². The Bertz CT molecular complexity index is 482. The lowest BCUT2D eigenvalue weighted by molar-refractivity contribution is 0.267. The van der Waals surface area contributed by atoms with Gasteiger partial charge in [-0.3, -0.25) is 4.99 Å². The molecule has 108 valence electrons. The molecule has 0 bridgehead atoms. The normalized spacial score (nSPS) is 22.6. The standard InChI is InChI=1S/C16H23N3O/c17-16(18-10-12-4-3-5-12)19-11-13-8-9-20-15-7-2-1-6-14(13)15/h1-2,6-7,12-13H,3-5,8-11H2,(H3,17,18,19). The molecule has 4 heteroatoms. The van der Waals surface area contributed by atoms with Crippen LogP contribution in [-0.4, -0.2) is 25.7 Å². The van der Waals surface area contributed by atoms with E-state index in [-0.39, 0.29) is 0 Å². The smallest absolute Gasteiger partial charge is 0.188 e. The van der Waals surface area contributed by atoms with Crippen LogP contribution in [0, 0.1) is 5.92 Å². The third-order valence-electron chi connectivity index (χ3n) is 4.36. The van der Waals surface area contributed by atoms with Crippen LogP contribution in [0.4, 0.5) is 0 Å². The molecule has 1 fully saturated rings. The SMILES string of the molecule is NC(=NCC1CCC1)NCC1CCOc2ccccc21. The topological polar surface area (TPSA) is 59.6 Å². The second-order valence-electron chi connectivity index (χ2n) is 5.78. The molecule has 20 heavy (non-hydrogen) atoms. The number of nitrogens with one attached hydrogen (secondary N) is 1. The number of benzene rings is 1. The molecule has 1 saturated carbocycles. The van der Waals surface area contributed by atoms with E-state index < -0.39 is 0 Å². The van der Waals surface area contributed by atoms with Crippen LogP contribution in [-0.2, 0) is 0 Å². The molecule has 1 aliphatic heterocycles. The zero-order chi connectivity index (χ0) is 13.8. The third kappa shape index (κ3) is 3.06. The summed E-state index contributed by atoms with van der Waals surface area (Å²) in [6, 6.07) is 8.26. The lowest BCUT2D eigenvalue weighted by atomic mass is 9.86. The first-order valence-corrected chi connectivity index (χ1v) is 7.58. The maximum absolute atomic E-state index is 5.95. The molecule has 0 saturated heterocycles. The van der Waals surface area contributed by atoms with E-state index in [4.69, 9.17) is 10.5 Å². The minimum Gasteiger partial charge on any atom is -0.493 e. The molecule has 1 atom stereocenters. The van der Waals surface area contributed by atoms with E-state index in [9.17, 15) is 0 Å². The second kappa shape index (κ2) is 6.16. The van der Waals surface area contributed by atoms with Gasteiger partial charge in [-0.05, 0) is 36.8 Å². The van der Waals surface area contributed by atoms with Crippen molar-refractivity contribution in [2.45, 2.75) is 31.6 Å². The molecular formula is C16H23N3O. The Morgan fingerprint density at radius 2 is 2.15 bits per heavy atom. The molecule has 2 aliphatic rings. The Morgan fingerprint density at radius 1 is 1.30 bits per heavy atom. The Labute approximate surface area is 120 Å². The predicted molar refractivity (Wildman–Crippen MR) is 81.1 cm³/mol. The van der Waals surface area contributed by atoms with Crippen LogP contribution in [0.25, 0.3) is 0 Å². The van der Waals surface area contributed by atoms with E-state index in [0.717, 1.165) is 37.8 Å². The fraction of sp³-hybridized carbons (Fsp3) is 0.562. The number of hydrogen-bond acceptors (Lipinski definition) is 2. The molecule has 3 rings (SSSR count). The minimum atomic E-state index is 0.456. The highest BCUT2D eigenvalue weighted by atomic mass is 16.5. The number of nitrogens with zero attached hydrogens (tertiary/aromatic N) is 1. The van der Waals surface area contributed by atoms with E-state index in [1.54, 1.807) is 0 Å². The molecule has 0 aromatic heterocycles. The largest absolute Gasteiger partial charge is 0.493 e. The first-order chi connectivity index (χ1) is 9.83. The number of ether oxygens (including phenoxy) is 1. The van der Waals surface area contributed by atoms with Gasteiger partial charge in [-0.1, -0.05) is 24.6 Å². The first kappa shape index (κ1) is 13.3. The zero-order valence-corrected chi connectivity index (χ0v) is 11.8. The maximum atomic E-state index is 5.95. The quantitative estimate of drug-likeness (QED) is 0.653. The van der Waals surface area contributed by atoms with Crippen LogP contribution in [0.3, 0.4) is 0 Å². The summed E-state index contributed by atoms with van der Waals surface area (Å²) in [6.07, 6.45) is 5.00. The summed E-state index contributed by atoms with van der Waals surface area (Å²) in [4.78, 5) is 4.44. The number of para-hydroxylation sites is 1. The van der Waals surface area contributed by atoms with Crippen molar-refractivity contribution < 1.29 is 4.74 Å². The number of nitrogens with two attached hydrogens (primary N) is 1. The van der Waals surface area contributed by atoms with Gasteiger partial charge in [-0.15, -0.1) is 0 Å². The van der Waals surface area contributed by atoms with Crippen molar-refractivity contribution in [2.24, 2.45) is 16.6 Å². The minimum absolute atomic E-state index is 0.456. The lowest BCUT2D eigenvalue weighted by Gasteiger charge is -2.26. The summed E-state index contributed by atoms with van der Waals surface area (Å²) in [5, 5.41) is 3.27. The monoisotopic (exact) mass is 273 g/mol. The van der Waals surface area contributed by atoms with Gasteiger partial charge in [0.1, 0.15) is 5.75 Å². The molecule has 0 amide bonds. The predicted octanol–water partition coefficient (Wildman–Crippen LogP) is 2.26. The number of aliphatic imine (C=N–C) groups is 1. The van der Waals surface area contributed by atoms with Crippen molar-refractivity contribution in [3.8, 4) is 5.75 Å². The Hall–Kier alpha value is -1.71. The van der Waals surface area contributed by atoms with Crippen molar-refractivity contribution >= 4 is 5.96 Å². The zero-order valence-electron chi connectivity index (χ0n) is 11.8. The van der Waals surface area contributed by atoms with Crippen molar-refractivity contribution in [1.29, 1.82) is 0 Å². The van der Waals surface area contributed by atoms with Crippen LogP contribution >= 0.6 is 0 Å². The van der Waals surface area contributed by atoms with Crippen LogP contribution in [0.15, 0.2) is 29.3 Å². The highest BCUT2D eigenvalue weighted by Crippen LogP contribution is 2.32. The van der Waals surface area contributed by atoms with E-state index in [1.165, 1.54) is 24.8 Å². The van der Waals surface area contributed by atoms with Crippen LogP contribution in [0.1, 0.15) is 37.2 Å². The van der Waals surface area contributed by atoms with Gasteiger partial charge in [0.05, 0.1) is 6.61 Å². The molecular weight excluding hydrogens is 250 g/mol. The second-order valence-corrected chi connectivity index (χ2v) is 5.78. The summed E-state index contributed by atoms with van der Waals surface area (Å²) >= 11 is 0. The molecule has 0 radical (unpaired) electrons. The van der Waals surface area contributed by atoms with Crippen LogP contribution < -0.4 is 15.8 Å². The highest BCUT2D eigenvalue weighted by molar-refractivity contribution is 5.77. The Balaban J connectivity index is 1.53. The fourth-order valence-corrected chi connectivity index (χ4v) is 2.81. The van der Waals surface area contributed by atoms with Gasteiger partial charge in [-0.25, -0.2) is 0 Å². The lowest BCUT2D eigenvalue weighted by Crippen LogP contribution is -2.36. The summed E-state index contributed by atoms with van der Waals surface area (Å²) in [5.41, 5.74) is 7.22. The van der Waals surface area contributed by atoms with E-state index in [2.05, 4.69) is 22.4 Å². The first-order valence-electron chi connectivity index (χ1n) is 7.58. The molecule has 1 aromatic rings. The van der Waals surface area contributed by atoms with E-state index in [0.29, 0.717) is 11.9 Å². The van der Waals surface area contributed by atoms with E-state index in [1.807, 2.05) is 12.1 Å². The van der Waals surface area contributed by atoms with Crippen molar-refractivity contribution in [3.05, 3.63) is 29.8 Å². The highest BCUT2D eigenvalue weighted by Gasteiger charge is 2.21. The van der Waals surface area contributed by atoms with Gasteiger partial charge in [-0.2, -0.15) is 0 Å². The molecule has 1 heterocycles. The molecule has 1 aliphatic carbocycles. The Kier molecular flexibility index (Phi) is 4.09. The number of rotatable bonds is 4. The number of fused-ring (bicyclic) bond motifs is 1. The molecule has 0 spiro atoms. The van der Waals surface area contributed by atoms with Gasteiger partial charge in [0.25, 0.3) is 0 Å². The van der Waals surface area contributed by atoms with Gasteiger partial charge < -0.3 is 15.8 Å². The van der Waals surface area contributed by atoms with Crippen LogP contribution in [0.2, 0.25) is 0 Å². The fourth-order valence-electron chi connectivity index (χ4n) is 2.81. The van der Waals surface area contributed by atoms with Gasteiger partial charge >= 0.3 is 0 Å². The molecule has 3 N–H and O–H groups in total. The Morgan fingerprint density at radius 3 is 2.95 bits per heavy atom. The van der Waals surface area contributed by atoms with E-state index >= 15 is 0 Å². The third-order valence-corrected chi connectivity index (χ3v) is 4.36.